The van der Waals surface area contributed by atoms with Crippen LogP contribution in [0, 0.1) is 12.3 Å². The molecule has 1 N–H and O–H groups in total. The average Bonchev–Trinajstić information content (AvgIpc) is 2.23. The number of benzene rings is 1. The van der Waals surface area contributed by atoms with Crippen LogP contribution in [-0.2, 0) is 9.31 Å². The zero-order chi connectivity index (χ0) is 11.8. The number of hydrogen-bond acceptors (Lipinski definition) is 3. The fourth-order valence-corrected chi connectivity index (χ4v) is 1.77. The van der Waals surface area contributed by atoms with Gasteiger partial charge in [-0.2, -0.15) is 0 Å². The van der Waals surface area contributed by atoms with Gasteiger partial charge in [0.25, 0.3) is 0 Å². The number of hydrogen-bond donors (Lipinski definition) is 1. The second-order valence-corrected chi connectivity index (χ2v) is 5.11. The summed E-state index contributed by atoms with van der Waals surface area (Å²) in [6, 6.07) is 5.41. The molecule has 0 unspecified atom stereocenters. The zero-order valence-corrected chi connectivity index (χ0v) is 9.99. The minimum atomic E-state index is -0.347. The molecule has 1 aromatic rings. The van der Waals surface area contributed by atoms with E-state index in [0.717, 1.165) is 11.0 Å². The quantitative estimate of drug-likeness (QED) is 0.728. The van der Waals surface area contributed by atoms with Crippen molar-refractivity contribution in [2.75, 3.05) is 13.2 Å². The summed E-state index contributed by atoms with van der Waals surface area (Å²) >= 11 is 0. The van der Waals surface area contributed by atoms with Crippen molar-refractivity contribution < 1.29 is 14.4 Å². The number of rotatable bonds is 1. The molecule has 2 rings (SSSR count). The van der Waals surface area contributed by atoms with Gasteiger partial charge in [-0.25, -0.2) is 0 Å². The third-order valence-electron chi connectivity index (χ3n) is 2.85. The van der Waals surface area contributed by atoms with Crippen LogP contribution < -0.4 is 5.46 Å². The highest BCUT2D eigenvalue weighted by Crippen LogP contribution is 2.22. The van der Waals surface area contributed by atoms with Gasteiger partial charge in [0, 0.05) is 18.6 Å². The molecule has 0 amide bonds. The Bertz CT molecular complexity index is 380. The molecule has 0 atom stereocenters. The maximum atomic E-state index is 9.62. The minimum absolute atomic E-state index is 0.0707. The van der Waals surface area contributed by atoms with Crippen molar-refractivity contribution in [3.63, 3.8) is 0 Å². The van der Waals surface area contributed by atoms with Gasteiger partial charge in [-0.15, -0.1) is 0 Å². The Morgan fingerprint density at radius 3 is 2.50 bits per heavy atom. The molecule has 0 saturated carbocycles. The van der Waals surface area contributed by atoms with Gasteiger partial charge >= 0.3 is 7.12 Å². The molecule has 4 heteroatoms. The van der Waals surface area contributed by atoms with E-state index >= 15 is 0 Å². The molecule has 0 spiro atoms. The van der Waals surface area contributed by atoms with E-state index in [1.165, 1.54) is 0 Å². The summed E-state index contributed by atoms with van der Waals surface area (Å²) in [6.45, 7) is 7.44. The van der Waals surface area contributed by atoms with E-state index in [2.05, 4.69) is 13.8 Å². The van der Waals surface area contributed by atoms with Gasteiger partial charge in [-0.05, 0) is 24.0 Å². The molecule has 1 aliphatic rings. The third-order valence-corrected chi connectivity index (χ3v) is 2.85. The maximum Gasteiger partial charge on any atom is 0.494 e. The Kier molecular flexibility index (Phi) is 2.95. The van der Waals surface area contributed by atoms with Crippen LogP contribution >= 0.6 is 0 Å². The van der Waals surface area contributed by atoms with E-state index in [1.807, 2.05) is 19.1 Å². The standard InChI is InChI=1S/C12H17BO3/c1-9-10(5-4-6-11(9)14)13-15-7-12(2,3)8-16-13/h4-6,14H,7-8H2,1-3H3. The Hall–Kier alpha value is -0.995. The van der Waals surface area contributed by atoms with Gasteiger partial charge in [0.1, 0.15) is 5.75 Å². The molecule has 0 aliphatic carbocycles. The van der Waals surface area contributed by atoms with Gasteiger partial charge in [-0.3, -0.25) is 0 Å². The summed E-state index contributed by atoms with van der Waals surface area (Å²) in [5.74, 6) is 0.287. The highest BCUT2D eigenvalue weighted by molar-refractivity contribution is 6.62. The lowest BCUT2D eigenvalue weighted by Gasteiger charge is -2.33. The van der Waals surface area contributed by atoms with E-state index in [9.17, 15) is 5.11 Å². The lowest BCUT2D eigenvalue weighted by atomic mass is 9.73. The van der Waals surface area contributed by atoms with E-state index < -0.39 is 0 Å². The van der Waals surface area contributed by atoms with Crippen molar-refractivity contribution in [2.24, 2.45) is 5.41 Å². The Labute approximate surface area is 96.5 Å². The first kappa shape index (κ1) is 11.5. The van der Waals surface area contributed by atoms with E-state index in [0.29, 0.717) is 13.2 Å². The fourth-order valence-electron chi connectivity index (χ4n) is 1.77. The zero-order valence-electron chi connectivity index (χ0n) is 9.99. The minimum Gasteiger partial charge on any atom is -0.508 e. The Morgan fingerprint density at radius 2 is 1.88 bits per heavy atom. The van der Waals surface area contributed by atoms with E-state index in [4.69, 9.17) is 9.31 Å². The highest BCUT2D eigenvalue weighted by Gasteiger charge is 2.34. The topological polar surface area (TPSA) is 38.7 Å². The van der Waals surface area contributed by atoms with E-state index in [1.54, 1.807) is 6.07 Å². The van der Waals surface area contributed by atoms with Crippen LogP contribution in [0.15, 0.2) is 18.2 Å². The number of phenols is 1. The SMILES string of the molecule is Cc1c(O)cccc1B1OCC(C)(C)CO1. The smallest absolute Gasteiger partial charge is 0.494 e. The Balaban J connectivity index is 2.17. The molecule has 0 aromatic heterocycles. The molecule has 1 saturated heterocycles. The van der Waals surface area contributed by atoms with Crippen LogP contribution in [0.1, 0.15) is 19.4 Å². The fraction of sp³-hybridized carbons (Fsp3) is 0.500. The lowest BCUT2D eigenvalue weighted by molar-refractivity contribution is 0.0342. The van der Waals surface area contributed by atoms with Crippen LogP contribution in [0.4, 0.5) is 0 Å². The number of aromatic hydroxyl groups is 1. The molecule has 1 fully saturated rings. The van der Waals surface area contributed by atoms with Gasteiger partial charge in [0.15, 0.2) is 0 Å². The van der Waals surface area contributed by atoms with Crippen LogP contribution in [-0.4, -0.2) is 25.4 Å². The average molecular weight is 220 g/mol. The molecule has 3 nitrogen and oxygen atoms in total. The second-order valence-electron chi connectivity index (χ2n) is 5.11. The third kappa shape index (κ3) is 2.23. The molecule has 0 radical (unpaired) electrons. The molecular formula is C12H17BO3. The van der Waals surface area contributed by atoms with Crippen molar-refractivity contribution in [1.82, 2.24) is 0 Å². The largest absolute Gasteiger partial charge is 0.508 e. The van der Waals surface area contributed by atoms with Crippen molar-refractivity contribution in [3.8, 4) is 5.75 Å². The molecule has 1 aliphatic heterocycles. The van der Waals surface area contributed by atoms with Crippen molar-refractivity contribution in [2.45, 2.75) is 20.8 Å². The molecule has 1 aromatic carbocycles. The first-order chi connectivity index (χ1) is 7.49. The van der Waals surface area contributed by atoms with Gasteiger partial charge in [-0.1, -0.05) is 26.0 Å². The van der Waals surface area contributed by atoms with Crippen LogP contribution in [0.3, 0.4) is 0 Å². The lowest BCUT2D eigenvalue weighted by Crippen LogP contribution is -2.48. The summed E-state index contributed by atoms with van der Waals surface area (Å²) in [4.78, 5) is 0. The first-order valence-electron chi connectivity index (χ1n) is 5.51. The second kappa shape index (κ2) is 4.11. The normalized spacial score (nSPS) is 19.8. The molecular weight excluding hydrogens is 203 g/mol. The molecule has 86 valence electrons. The summed E-state index contributed by atoms with van der Waals surface area (Å²) in [5, 5.41) is 9.62. The summed E-state index contributed by atoms with van der Waals surface area (Å²) < 4.78 is 11.4. The predicted molar refractivity (Wildman–Crippen MR) is 63.9 cm³/mol. The van der Waals surface area contributed by atoms with Crippen LogP contribution in [0.2, 0.25) is 0 Å². The predicted octanol–water partition coefficient (Wildman–Crippen LogP) is 1.47. The van der Waals surface area contributed by atoms with Crippen molar-refractivity contribution >= 4 is 12.6 Å². The first-order valence-corrected chi connectivity index (χ1v) is 5.51. The van der Waals surface area contributed by atoms with Crippen LogP contribution in [0.5, 0.6) is 5.75 Å². The van der Waals surface area contributed by atoms with Gasteiger partial charge in [0.2, 0.25) is 0 Å². The summed E-state index contributed by atoms with van der Waals surface area (Å²) in [5.41, 5.74) is 1.81. The maximum absolute atomic E-state index is 9.62. The van der Waals surface area contributed by atoms with Gasteiger partial charge < -0.3 is 14.4 Å². The Morgan fingerprint density at radius 1 is 1.25 bits per heavy atom. The molecule has 0 bridgehead atoms. The van der Waals surface area contributed by atoms with Crippen LogP contribution in [0.25, 0.3) is 0 Å². The van der Waals surface area contributed by atoms with Gasteiger partial charge in [0.05, 0.1) is 0 Å². The number of phenolic OH excluding ortho intramolecular Hbond substituents is 1. The van der Waals surface area contributed by atoms with Crippen molar-refractivity contribution in [1.29, 1.82) is 0 Å². The molecule has 16 heavy (non-hydrogen) atoms. The molecule has 1 heterocycles. The monoisotopic (exact) mass is 220 g/mol. The summed E-state index contributed by atoms with van der Waals surface area (Å²) in [7, 11) is -0.347. The summed E-state index contributed by atoms with van der Waals surface area (Å²) in [6.07, 6.45) is 0. The highest BCUT2D eigenvalue weighted by atomic mass is 16.6. The van der Waals surface area contributed by atoms with Crippen molar-refractivity contribution in [3.05, 3.63) is 23.8 Å². The van der Waals surface area contributed by atoms with E-state index in [-0.39, 0.29) is 18.3 Å².